The van der Waals surface area contributed by atoms with Crippen LogP contribution in [-0.2, 0) is 0 Å². The van der Waals surface area contributed by atoms with Crippen molar-refractivity contribution in [2.24, 2.45) is 5.92 Å². The third kappa shape index (κ3) is 2.88. The number of hydrogen-bond donors (Lipinski definition) is 1. The van der Waals surface area contributed by atoms with Gasteiger partial charge in [-0.05, 0) is 36.3 Å². The van der Waals surface area contributed by atoms with Gasteiger partial charge in [-0.1, -0.05) is 6.92 Å². The van der Waals surface area contributed by atoms with Crippen LogP contribution in [0.4, 0.5) is 0 Å². The van der Waals surface area contributed by atoms with Gasteiger partial charge in [0.15, 0.2) is 0 Å². The molecule has 0 saturated carbocycles. The second-order valence-electron chi connectivity index (χ2n) is 4.51. The van der Waals surface area contributed by atoms with Crippen LogP contribution in [0.1, 0.15) is 12.5 Å². The van der Waals surface area contributed by atoms with Gasteiger partial charge < -0.3 is 9.15 Å². The van der Waals surface area contributed by atoms with Gasteiger partial charge in [0.2, 0.25) is 0 Å². The van der Waals surface area contributed by atoms with E-state index in [1.165, 1.54) is 6.07 Å². The van der Waals surface area contributed by atoms with Gasteiger partial charge in [0.05, 0.1) is 6.61 Å². The van der Waals surface area contributed by atoms with Crippen molar-refractivity contribution in [1.29, 1.82) is 0 Å². The molecule has 1 unspecified atom stereocenters. The minimum Gasteiger partial charge on any atom is -0.493 e. The molecule has 0 amide bonds. The third-order valence-corrected chi connectivity index (χ3v) is 3.39. The molecule has 1 aromatic carbocycles. The summed E-state index contributed by atoms with van der Waals surface area (Å²) in [5.41, 5.74) is 1.15. The summed E-state index contributed by atoms with van der Waals surface area (Å²) in [5, 5.41) is 0.934. The van der Waals surface area contributed by atoms with E-state index in [1.54, 1.807) is 6.07 Å². The highest BCUT2D eigenvalue weighted by Crippen LogP contribution is 2.22. The lowest BCUT2D eigenvalue weighted by Crippen LogP contribution is -2.09. The van der Waals surface area contributed by atoms with Crippen LogP contribution in [0.15, 0.2) is 33.5 Å². The van der Waals surface area contributed by atoms with Crippen LogP contribution in [0.5, 0.6) is 5.75 Å². The van der Waals surface area contributed by atoms with Crippen molar-refractivity contribution in [2.75, 3.05) is 12.4 Å². The standard InChI is InChI=1S/C14H16O3S/c1-9(8-18)7-16-11-3-4-12-10(2)5-14(15)17-13(12)6-11/h3-6,9,18H,7-8H2,1-2H3. The SMILES string of the molecule is Cc1cc(=O)oc2cc(OCC(C)CS)ccc12. The van der Waals surface area contributed by atoms with Gasteiger partial charge in [-0.3, -0.25) is 0 Å². The van der Waals surface area contributed by atoms with E-state index in [9.17, 15) is 4.79 Å². The second kappa shape index (κ2) is 5.48. The van der Waals surface area contributed by atoms with Crippen molar-refractivity contribution in [3.05, 3.63) is 40.2 Å². The Morgan fingerprint density at radius 2 is 2.17 bits per heavy atom. The zero-order valence-corrected chi connectivity index (χ0v) is 11.4. The molecule has 0 radical (unpaired) electrons. The van der Waals surface area contributed by atoms with Crippen LogP contribution >= 0.6 is 12.6 Å². The minimum absolute atomic E-state index is 0.333. The monoisotopic (exact) mass is 264 g/mol. The maximum absolute atomic E-state index is 11.3. The largest absolute Gasteiger partial charge is 0.493 e. The Kier molecular flexibility index (Phi) is 3.97. The van der Waals surface area contributed by atoms with Crippen molar-refractivity contribution in [1.82, 2.24) is 0 Å². The highest BCUT2D eigenvalue weighted by molar-refractivity contribution is 7.80. The number of rotatable bonds is 4. The van der Waals surface area contributed by atoms with Crippen molar-refractivity contribution >= 4 is 23.6 Å². The second-order valence-corrected chi connectivity index (χ2v) is 4.87. The zero-order chi connectivity index (χ0) is 13.1. The van der Waals surface area contributed by atoms with Gasteiger partial charge in [0.25, 0.3) is 0 Å². The molecule has 0 aliphatic carbocycles. The summed E-state index contributed by atoms with van der Waals surface area (Å²) in [7, 11) is 0. The Bertz CT molecular complexity index is 604. The van der Waals surface area contributed by atoms with Crippen molar-refractivity contribution in [3.8, 4) is 5.75 Å². The Balaban J connectivity index is 2.30. The molecular formula is C14H16O3S. The van der Waals surface area contributed by atoms with E-state index in [-0.39, 0.29) is 5.63 Å². The summed E-state index contributed by atoms with van der Waals surface area (Å²) in [4.78, 5) is 11.3. The fourth-order valence-electron chi connectivity index (χ4n) is 1.69. The quantitative estimate of drug-likeness (QED) is 0.681. The van der Waals surface area contributed by atoms with Crippen LogP contribution in [0, 0.1) is 12.8 Å². The molecule has 0 fully saturated rings. The lowest BCUT2D eigenvalue weighted by molar-refractivity contribution is 0.273. The van der Waals surface area contributed by atoms with Gasteiger partial charge in [-0.2, -0.15) is 12.6 Å². The van der Waals surface area contributed by atoms with Gasteiger partial charge >= 0.3 is 5.63 Å². The topological polar surface area (TPSA) is 39.4 Å². The number of benzene rings is 1. The number of aryl methyl sites for hydroxylation is 1. The van der Waals surface area contributed by atoms with Gasteiger partial charge in [-0.25, -0.2) is 4.79 Å². The van der Waals surface area contributed by atoms with E-state index in [0.717, 1.165) is 16.7 Å². The minimum atomic E-state index is -0.333. The molecule has 3 nitrogen and oxygen atoms in total. The molecule has 0 saturated heterocycles. The van der Waals surface area contributed by atoms with Crippen LogP contribution in [0.3, 0.4) is 0 Å². The predicted molar refractivity (Wildman–Crippen MR) is 75.7 cm³/mol. The summed E-state index contributed by atoms with van der Waals surface area (Å²) in [5.74, 6) is 1.88. The summed E-state index contributed by atoms with van der Waals surface area (Å²) in [6.45, 7) is 4.56. The van der Waals surface area contributed by atoms with E-state index in [1.807, 2.05) is 19.1 Å². The average molecular weight is 264 g/mol. The highest BCUT2D eigenvalue weighted by Gasteiger charge is 2.05. The molecule has 1 atom stereocenters. The maximum Gasteiger partial charge on any atom is 0.336 e. The molecule has 0 spiro atoms. The van der Waals surface area contributed by atoms with E-state index in [2.05, 4.69) is 19.6 Å². The van der Waals surface area contributed by atoms with E-state index >= 15 is 0 Å². The molecule has 2 aromatic rings. The maximum atomic E-state index is 11.3. The first-order valence-corrected chi connectivity index (χ1v) is 6.51. The van der Waals surface area contributed by atoms with E-state index in [0.29, 0.717) is 23.9 Å². The molecule has 0 bridgehead atoms. The van der Waals surface area contributed by atoms with Crippen LogP contribution in [0.25, 0.3) is 11.0 Å². The Labute approximate surface area is 111 Å². The van der Waals surface area contributed by atoms with Crippen molar-refractivity contribution in [2.45, 2.75) is 13.8 Å². The van der Waals surface area contributed by atoms with Crippen molar-refractivity contribution < 1.29 is 9.15 Å². The molecule has 0 N–H and O–H groups in total. The molecule has 1 aromatic heterocycles. The Hall–Kier alpha value is -1.42. The number of thiol groups is 1. The molecule has 0 aliphatic rings. The van der Waals surface area contributed by atoms with Gasteiger partial charge in [-0.15, -0.1) is 0 Å². The van der Waals surface area contributed by atoms with Gasteiger partial charge in [0, 0.05) is 17.5 Å². The number of fused-ring (bicyclic) bond motifs is 1. The first-order chi connectivity index (χ1) is 8.60. The normalized spacial score (nSPS) is 12.6. The molecule has 4 heteroatoms. The molecule has 1 heterocycles. The summed E-state index contributed by atoms with van der Waals surface area (Å²) in [6.07, 6.45) is 0. The molecular weight excluding hydrogens is 248 g/mol. The van der Waals surface area contributed by atoms with Crippen LogP contribution in [-0.4, -0.2) is 12.4 Å². The fourth-order valence-corrected chi connectivity index (χ4v) is 1.79. The van der Waals surface area contributed by atoms with Crippen LogP contribution in [0.2, 0.25) is 0 Å². The molecule has 0 aliphatic heterocycles. The van der Waals surface area contributed by atoms with E-state index < -0.39 is 0 Å². The van der Waals surface area contributed by atoms with Gasteiger partial charge in [0.1, 0.15) is 11.3 Å². The zero-order valence-electron chi connectivity index (χ0n) is 10.5. The van der Waals surface area contributed by atoms with Crippen LogP contribution < -0.4 is 10.4 Å². The highest BCUT2D eigenvalue weighted by atomic mass is 32.1. The summed E-state index contributed by atoms with van der Waals surface area (Å²) < 4.78 is 10.8. The lowest BCUT2D eigenvalue weighted by Gasteiger charge is -2.11. The first kappa shape index (κ1) is 13.0. The van der Waals surface area contributed by atoms with E-state index in [4.69, 9.17) is 9.15 Å². The smallest absolute Gasteiger partial charge is 0.336 e. The number of hydrogen-bond acceptors (Lipinski definition) is 4. The number of ether oxygens (including phenoxy) is 1. The fraction of sp³-hybridized carbons (Fsp3) is 0.357. The first-order valence-electron chi connectivity index (χ1n) is 5.88. The Morgan fingerprint density at radius 3 is 2.89 bits per heavy atom. The van der Waals surface area contributed by atoms with Crippen molar-refractivity contribution in [3.63, 3.8) is 0 Å². The summed E-state index contributed by atoms with van der Waals surface area (Å²) in [6, 6.07) is 7.05. The third-order valence-electron chi connectivity index (χ3n) is 2.77. The summed E-state index contributed by atoms with van der Waals surface area (Å²) >= 11 is 4.21. The molecule has 96 valence electrons. The predicted octanol–water partition coefficient (Wildman–Crippen LogP) is 3.05. The Morgan fingerprint density at radius 1 is 1.39 bits per heavy atom. The average Bonchev–Trinajstić information content (AvgIpc) is 2.35. The lowest BCUT2D eigenvalue weighted by atomic mass is 10.1. The molecule has 18 heavy (non-hydrogen) atoms. The molecule has 2 rings (SSSR count).